The zero-order valence-electron chi connectivity index (χ0n) is 12.4. The largest absolute Gasteiger partial charge is 0.474 e. The van der Waals surface area contributed by atoms with E-state index in [1.165, 1.54) is 24.9 Å². The SMILES string of the molecule is Nc1ncnn2cc(C3CN=CO3)c(-c3ccc([N+](=O)[O-])cc3)c12. The molecule has 0 bridgehead atoms. The van der Waals surface area contributed by atoms with Gasteiger partial charge in [-0.1, -0.05) is 0 Å². The first-order valence-corrected chi connectivity index (χ1v) is 7.15. The number of non-ortho nitro benzene ring substituents is 1. The Morgan fingerprint density at radius 1 is 1.33 bits per heavy atom. The lowest BCUT2D eigenvalue weighted by atomic mass is 9.99. The number of ether oxygens (including phenoxy) is 1. The van der Waals surface area contributed by atoms with E-state index < -0.39 is 4.92 Å². The Bertz CT molecular complexity index is 955. The smallest absolute Gasteiger partial charge is 0.269 e. The van der Waals surface area contributed by atoms with E-state index in [9.17, 15) is 10.1 Å². The van der Waals surface area contributed by atoms with Crippen LogP contribution in [0.5, 0.6) is 0 Å². The molecule has 0 saturated heterocycles. The Morgan fingerprint density at radius 2 is 2.12 bits per heavy atom. The van der Waals surface area contributed by atoms with Gasteiger partial charge in [-0.25, -0.2) is 9.50 Å². The fraction of sp³-hybridized carbons (Fsp3) is 0.133. The molecular formula is C15H12N6O3. The molecule has 0 spiro atoms. The van der Waals surface area contributed by atoms with Crippen molar-refractivity contribution in [1.82, 2.24) is 14.6 Å². The summed E-state index contributed by atoms with van der Waals surface area (Å²) in [4.78, 5) is 18.6. The lowest BCUT2D eigenvalue weighted by Gasteiger charge is -2.10. The lowest BCUT2D eigenvalue weighted by Crippen LogP contribution is -2.01. The second kappa shape index (κ2) is 5.30. The third kappa shape index (κ3) is 2.14. The molecule has 1 aromatic carbocycles. The van der Waals surface area contributed by atoms with Gasteiger partial charge in [-0.3, -0.25) is 15.1 Å². The molecule has 24 heavy (non-hydrogen) atoms. The number of fused-ring (bicyclic) bond motifs is 1. The highest BCUT2D eigenvalue weighted by Gasteiger charge is 2.25. The summed E-state index contributed by atoms with van der Waals surface area (Å²) in [5.41, 5.74) is 9.11. The molecule has 0 aliphatic carbocycles. The van der Waals surface area contributed by atoms with Crippen LogP contribution in [0.25, 0.3) is 16.6 Å². The Hall–Kier alpha value is -3.49. The maximum atomic E-state index is 10.9. The minimum atomic E-state index is -0.437. The molecule has 0 radical (unpaired) electrons. The average molecular weight is 324 g/mol. The predicted molar refractivity (Wildman–Crippen MR) is 86.7 cm³/mol. The third-order valence-electron chi connectivity index (χ3n) is 3.92. The van der Waals surface area contributed by atoms with Crippen LogP contribution in [0.1, 0.15) is 11.7 Å². The first kappa shape index (κ1) is 14.1. The maximum absolute atomic E-state index is 10.9. The zero-order valence-corrected chi connectivity index (χ0v) is 12.4. The van der Waals surface area contributed by atoms with Crippen LogP contribution in [0.2, 0.25) is 0 Å². The summed E-state index contributed by atoms with van der Waals surface area (Å²) in [5.74, 6) is 0.323. The Labute approximate surface area is 135 Å². The molecule has 9 nitrogen and oxygen atoms in total. The number of hydrogen-bond acceptors (Lipinski definition) is 7. The van der Waals surface area contributed by atoms with Crippen molar-refractivity contribution < 1.29 is 9.66 Å². The van der Waals surface area contributed by atoms with Gasteiger partial charge in [0.25, 0.3) is 5.69 Å². The molecule has 120 valence electrons. The Balaban J connectivity index is 1.94. The van der Waals surface area contributed by atoms with Gasteiger partial charge in [-0.2, -0.15) is 5.10 Å². The number of rotatable bonds is 3. The number of benzene rings is 1. The third-order valence-corrected chi connectivity index (χ3v) is 3.92. The van der Waals surface area contributed by atoms with Gasteiger partial charge in [0.15, 0.2) is 12.2 Å². The molecule has 0 amide bonds. The normalized spacial score (nSPS) is 16.4. The maximum Gasteiger partial charge on any atom is 0.269 e. The van der Waals surface area contributed by atoms with Crippen LogP contribution in [0, 0.1) is 10.1 Å². The van der Waals surface area contributed by atoms with Crippen LogP contribution >= 0.6 is 0 Å². The van der Waals surface area contributed by atoms with Crippen molar-refractivity contribution in [3.8, 4) is 11.1 Å². The number of hydrogen-bond donors (Lipinski definition) is 1. The molecule has 3 heterocycles. The van der Waals surface area contributed by atoms with Crippen molar-refractivity contribution >= 4 is 23.4 Å². The van der Waals surface area contributed by atoms with Gasteiger partial charge in [-0.05, 0) is 17.7 Å². The van der Waals surface area contributed by atoms with E-state index >= 15 is 0 Å². The van der Waals surface area contributed by atoms with Crippen LogP contribution in [0.4, 0.5) is 11.5 Å². The van der Waals surface area contributed by atoms with Gasteiger partial charge in [0.05, 0.1) is 11.5 Å². The summed E-state index contributed by atoms with van der Waals surface area (Å²) < 4.78 is 7.17. The highest BCUT2D eigenvalue weighted by atomic mass is 16.6. The van der Waals surface area contributed by atoms with Crippen molar-refractivity contribution in [1.29, 1.82) is 0 Å². The van der Waals surface area contributed by atoms with Crippen molar-refractivity contribution in [2.45, 2.75) is 6.10 Å². The van der Waals surface area contributed by atoms with Crippen LogP contribution in [0.3, 0.4) is 0 Å². The summed E-state index contributed by atoms with van der Waals surface area (Å²) in [6, 6.07) is 6.27. The van der Waals surface area contributed by atoms with Crippen LogP contribution in [-0.4, -0.2) is 32.5 Å². The number of aromatic nitrogens is 3. The molecule has 0 fully saturated rings. The quantitative estimate of drug-likeness (QED) is 0.581. The van der Waals surface area contributed by atoms with Gasteiger partial charge in [0, 0.05) is 29.5 Å². The zero-order chi connectivity index (χ0) is 16.7. The monoisotopic (exact) mass is 324 g/mol. The molecule has 1 atom stereocenters. The minimum Gasteiger partial charge on any atom is -0.474 e. The lowest BCUT2D eigenvalue weighted by molar-refractivity contribution is -0.384. The van der Waals surface area contributed by atoms with Crippen molar-refractivity contribution in [3.63, 3.8) is 0 Å². The van der Waals surface area contributed by atoms with Crippen LogP contribution in [-0.2, 0) is 4.74 Å². The van der Waals surface area contributed by atoms with Gasteiger partial charge >= 0.3 is 0 Å². The van der Waals surface area contributed by atoms with E-state index in [-0.39, 0.29) is 11.8 Å². The highest BCUT2D eigenvalue weighted by molar-refractivity contribution is 5.90. The van der Waals surface area contributed by atoms with Gasteiger partial charge in [-0.15, -0.1) is 0 Å². The summed E-state index contributed by atoms with van der Waals surface area (Å²) in [5, 5.41) is 15.1. The highest BCUT2D eigenvalue weighted by Crippen LogP contribution is 2.38. The molecule has 9 heteroatoms. The summed E-state index contributed by atoms with van der Waals surface area (Å²) in [6.45, 7) is 0.490. The summed E-state index contributed by atoms with van der Waals surface area (Å²) >= 11 is 0. The number of nitrogens with two attached hydrogens (primary N) is 1. The molecule has 4 rings (SSSR count). The standard InChI is InChI=1S/C15H12N6O3/c16-15-14-13(9-1-3-10(4-2-9)21(22)23)11(12-5-17-8-24-12)6-20(14)19-7-18-15/h1-4,6-8,12H,5H2,(H2,16,18,19). The number of nitrogens with zero attached hydrogens (tertiary/aromatic N) is 5. The average Bonchev–Trinajstić information content (AvgIpc) is 3.22. The van der Waals surface area contributed by atoms with E-state index in [2.05, 4.69) is 15.1 Å². The molecule has 1 aliphatic rings. The van der Waals surface area contributed by atoms with Crippen LogP contribution < -0.4 is 5.73 Å². The van der Waals surface area contributed by atoms with Crippen molar-refractivity contribution in [2.24, 2.45) is 4.99 Å². The summed E-state index contributed by atoms with van der Waals surface area (Å²) in [7, 11) is 0. The van der Waals surface area contributed by atoms with Gasteiger partial charge in [0.2, 0.25) is 0 Å². The molecule has 2 aromatic heterocycles. The summed E-state index contributed by atoms with van der Waals surface area (Å²) in [6.07, 6.45) is 4.36. The topological polar surface area (TPSA) is 121 Å². The molecule has 3 aromatic rings. The van der Waals surface area contributed by atoms with E-state index in [0.717, 1.165) is 16.7 Å². The molecule has 0 saturated carbocycles. The van der Waals surface area contributed by atoms with E-state index in [0.29, 0.717) is 17.9 Å². The molecular weight excluding hydrogens is 312 g/mol. The fourth-order valence-corrected chi connectivity index (χ4v) is 2.82. The number of nitro groups is 1. The number of anilines is 1. The first-order valence-electron chi connectivity index (χ1n) is 7.15. The Morgan fingerprint density at radius 3 is 2.79 bits per heavy atom. The second-order valence-electron chi connectivity index (χ2n) is 5.30. The van der Waals surface area contributed by atoms with E-state index in [1.807, 2.05) is 6.20 Å². The predicted octanol–water partition coefficient (Wildman–Crippen LogP) is 1.99. The van der Waals surface area contributed by atoms with E-state index in [4.69, 9.17) is 10.5 Å². The Kier molecular flexibility index (Phi) is 3.12. The van der Waals surface area contributed by atoms with E-state index in [1.54, 1.807) is 16.6 Å². The van der Waals surface area contributed by atoms with Gasteiger partial charge in [0.1, 0.15) is 17.9 Å². The molecule has 1 aliphatic heterocycles. The molecule has 1 unspecified atom stereocenters. The van der Waals surface area contributed by atoms with Crippen molar-refractivity contribution in [2.75, 3.05) is 12.3 Å². The molecule has 2 N–H and O–H groups in total. The minimum absolute atomic E-state index is 0.0217. The number of nitro benzene ring substituents is 1. The fourth-order valence-electron chi connectivity index (χ4n) is 2.82. The van der Waals surface area contributed by atoms with Crippen LogP contribution in [0.15, 0.2) is 41.8 Å². The second-order valence-corrected chi connectivity index (χ2v) is 5.30. The first-order chi connectivity index (χ1) is 11.6. The van der Waals surface area contributed by atoms with Crippen molar-refractivity contribution in [3.05, 3.63) is 52.5 Å². The number of aliphatic imine (C=N–C) groups is 1. The number of nitrogen functional groups attached to an aromatic ring is 1. The van der Waals surface area contributed by atoms with Gasteiger partial charge < -0.3 is 10.5 Å².